The highest BCUT2D eigenvalue weighted by atomic mass is 16.1. The molecule has 0 aliphatic heterocycles. The van der Waals surface area contributed by atoms with Gasteiger partial charge < -0.3 is 5.32 Å². The van der Waals surface area contributed by atoms with Crippen LogP contribution < -0.4 is 5.32 Å². The third-order valence-electron chi connectivity index (χ3n) is 5.39. The van der Waals surface area contributed by atoms with Crippen molar-refractivity contribution in [2.75, 3.05) is 6.54 Å². The first-order chi connectivity index (χ1) is 10.0. The maximum absolute atomic E-state index is 12.2. The number of amides is 1. The molecule has 1 aromatic heterocycles. The molecule has 2 fully saturated rings. The fraction of sp³-hybridized carbons (Fsp3) is 0.765. The Balaban J connectivity index is 1.46. The molecule has 2 aliphatic carbocycles. The molecule has 116 valence electrons. The average Bonchev–Trinajstić information content (AvgIpc) is 3.11. The molecule has 0 radical (unpaired) electrons. The summed E-state index contributed by atoms with van der Waals surface area (Å²) in [5.41, 5.74) is 2.19. The second-order valence-electron chi connectivity index (χ2n) is 7.16. The summed E-state index contributed by atoms with van der Waals surface area (Å²) in [6, 6.07) is 2.29. The lowest BCUT2D eigenvalue weighted by Crippen LogP contribution is -2.32. The smallest absolute Gasteiger partial charge is 0.220 e. The molecule has 2 aliphatic rings. The maximum atomic E-state index is 12.2. The minimum absolute atomic E-state index is 0.211. The van der Waals surface area contributed by atoms with Crippen LogP contribution in [0.5, 0.6) is 0 Å². The van der Waals surface area contributed by atoms with E-state index in [0.29, 0.717) is 12.5 Å². The highest BCUT2D eigenvalue weighted by Gasteiger charge is 2.40. The Morgan fingerprint density at radius 3 is 2.81 bits per heavy atom. The number of rotatable bonds is 5. The van der Waals surface area contributed by atoms with Crippen LogP contribution in [0, 0.1) is 31.6 Å². The van der Waals surface area contributed by atoms with Gasteiger partial charge in [-0.05, 0) is 63.9 Å². The lowest BCUT2D eigenvalue weighted by molar-refractivity contribution is -0.122. The van der Waals surface area contributed by atoms with Crippen LogP contribution in [-0.4, -0.2) is 22.2 Å². The minimum Gasteiger partial charge on any atom is -0.354 e. The molecule has 4 atom stereocenters. The zero-order chi connectivity index (χ0) is 15.0. The molecular formula is C17H27N3O. The van der Waals surface area contributed by atoms with Gasteiger partial charge in [0.25, 0.3) is 0 Å². The number of carbonyl (C=O) groups excluding carboxylic acids is 1. The highest BCUT2D eigenvalue weighted by Crippen LogP contribution is 2.49. The Kier molecular flexibility index (Phi) is 4.05. The fourth-order valence-corrected chi connectivity index (χ4v) is 4.38. The Bertz CT molecular complexity index is 522. The Hall–Kier alpha value is -1.32. The van der Waals surface area contributed by atoms with E-state index in [1.807, 2.05) is 11.6 Å². The number of hydrogen-bond donors (Lipinski definition) is 1. The number of fused-ring (bicyclic) bond motifs is 2. The molecule has 0 aromatic carbocycles. The van der Waals surface area contributed by atoms with E-state index in [1.165, 1.54) is 25.7 Å². The molecular weight excluding hydrogens is 262 g/mol. The summed E-state index contributed by atoms with van der Waals surface area (Å²) in [5.74, 6) is 2.62. The topological polar surface area (TPSA) is 46.9 Å². The molecule has 1 amide bonds. The summed E-state index contributed by atoms with van der Waals surface area (Å²) in [6.45, 7) is 6.84. The molecule has 2 bridgehead atoms. The normalized spacial score (nSPS) is 28.8. The van der Waals surface area contributed by atoms with E-state index in [1.54, 1.807) is 0 Å². The van der Waals surface area contributed by atoms with Crippen LogP contribution in [0.1, 0.15) is 56.5 Å². The number of nitrogens with one attached hydrogen (secondary N) is 1. The molecule has 0 unspecified atom stereocenters. The Labute approximate surface area is 127 Å². The molecule has 4 nitrogen and oxygen atoms in total. The van der Waals surface area contributed by atoms with E-state index in [-0.39, 0.29) is 11.9 Å². The lowest BCUT2D eigenvalue weighted by Gasteiger charge is -2.21. The molecule has 1 N–H and O–H groups in total. The number of carbonyl (C=O) groups is 1. The number of aryl methyl sites for hydroxylation is 2. The van der Waals surface area contributed by atoms with Gasteiger partial charge in [0.15, 0.2) is 0 Å². The third-order valence-corrected chi connectivity index (χ3v) is 5.39. The zero-order valence-corrected chi connectivity index (χ0v) is 13.4. The van der Waals surface area contributed by atoms with Crippen LogP contribution in [0.25, 0.3) is 0 Å². The molecule has 21 heavy (non-hydrogen) atoms. The number of nitrogens with zero attached hydrogens (tertiary/aromatic N) is 2. The second kappa shape index (κ2) is 5.82. The molecule has 1 heterocycles. The van der Waals surface area contributed by atoms with Crippen LogP contribution in [0.4, 0.5) is 0 Å². The van der Waals surface area contributed by atoms with Crippen molar-refractivity contribution in [2.45, 2.75) is 58.9 Å². The van der Waals surface area contributed by atoms with Crippen LogP contribution in [-0.2, 0) is 4.79 Å². The third kappa shape index (κ3) is 3.14. The van der Waals surface area contributed by atoms with Crippen LogP contribution in [0.3, 0.4) is 0 Å². The predicted octanol–water partition coefficient (Wildman–Crippen LogP) is 3.00. The first kappa shape index (κ1) is 14.6. The van der Waals surface area contributed by atoms with Crippen LogP contribution in [0.2, 0.25) is 0 Å². The van der Waals surface area contributed by atoms with E-state index in [9.17, 15) is 4.79 Å². The summed E-state index contributed by atoms with van der Waals surface area (Å²) < 4.78 is 2.01. The Morgan fingerprint density at radius 2 is 2.24 bits per heavy atom. The van der Waals surface area contributed by atoms with Crippen molar-refractivity contribution >= 4 is 5.91 Å². The quantitative estimate of drug-likeness (QED) is 0.905. The SMILES string of the molecule is Cc1cc(C)n([C@@H](C)CNC(=O)C[C@H]2C[C@H]3CC[C@H]2C3)n1. The van der Waals surface area contributed by atoms with E-state index in [0.717, 1.165) is 29.6 Å². The van der Waals surface area contributed by atoms with Gasteiger partial charge in [0.05, 0.1) is 11.7 Å². The summed E-state index contributed by atoms with van der Waals surface area (Å²) >= 11 is 0. The van der Waals surface area contributed by atoms with Gasteiger partial charge in [-0.3, -0.25) is 9.48 Å². The van der Waals surface area contributed by atoms with Crippen molar-refractivity contribution in [1.29, 1.82) is 0 Å². The van der Waals surface area contributed by atoms with E-state index in [2.05, 4.69) is 30.3 Å². The zero-order valence-electron chi connectivity index (χ0n) is 13.4. The van der Waals surface area contributed by atoms with Gasteiger partial charge in [-0.15, -0.1) is 0 Å². The minimum atomic E-state index is 0.211. The van der Waals surface area contributed by atoms with Crippen molar-refractivity contribution in [1.82, 2.24) is 15.1 Å². The Morgan fingerprint density at radius 1 is 1.43 bits per heavy atom. The van der Waals surface area contributed by atoms with Gasteiger partial charge in [0.2, 0.25) is 5.91 Å². The van der Waals surface area contributed by atoms with Gasteiger partial charge in [-0.2, -0.15) is 5.10 Å². The fourth-order valence-electron chi connectivity index (χ4n) is 4.38. The molecule has 2 saturated carbocycles. The molecule has 0 spiro atoms. The van der Waals surface area contributed by atoms with E-state index < -0.39 is 0 Å². The van der Waals surface area contributed by atoms with Gasteiger partial charge in [0, 0.05) is 18.7 Å². The predicted molar refractivity (Wildman–Crippen MR) is 83.0 cm³/mol. The number of aromatic nitrogens is 2. The van der Waals surface area contributed by atoms with Gasteiger partial charge >= 0.3 is 0 Å². The van der Waals surface area contributed by atoms with Crippen molar-refractivity contribution in [3.05, 3.63) is 17.5 Å². The van der Waals surface area contributed by atoms with Crippen molar-refractivity contribution in [3.63, 3.8) is 0 Å². The first-order valence-electron chi connectivity index (χ1n) is 8.32. The number of hydrogen-bond acceptors (Lipinski definition) is 2. The largest absolute Gasteiger partial charge is 0.354 e. The first-order valence-corrected chi connectivity index (χ1v) is 8.32. The molecule has 1 aromatic rings. The van der Waals surface area contributed by atoms with E-state index >= 15 is 0 Å². The summed E-state index contributed by atoms with van der Waals surface area (Å²) in [4.78, 5) is 12.2. The van der Waals surface area contributed by atoms with E-state index in [4.69, 9.17) is 0 Å². The second-order valence-corrected chi connectivity index (χ2v) is 7.16. The van der Waals surface area contributed by atoms with Gasteiger partial charge in [-0.25, -0.2) is 0 Å². The maximum Gasteiger partial charge on any atom is 0.220 e. The van der Waals surface area contributed by atoms with Crippen LogP contribution >= 0.6 is 0 Å². The summed E-state index contributed by atoms with van der Waals surface area (Å²) in [7, 11) is 0. The monoisotopic (exact) mass is 289 g/mol. The van der Waals surface area contributed by atoms with Gasteiger partial charge in [-0.1, -0.05) is 6.42 Å². The molecule has 4 heteroatoms. The molecule has 0 saturated heterocycles. The van der Waals surface area contributed by atoms with Crippen LogP contribution in [0.15, 0.2) is 6.07 Å². The summed E-state index contributed by atoms with van der Waals surface area (Å²) in [6.07, 6.45) is 6.14. The van der Waals surface area contributed by atoms with Gasteiger partial charge in [0.1, 0.15) is 0 Å². The lowest BCUT2D eigenvalue weighted by atomic mass is 9.86. The molecule has 3 rings (SSSR count). The highest BCUT2D eigenvalue weighted by molar-refractivity contribution is 5.76. The standard InChI is InChI=1S/C17H27N3O/c1-11-6-12(2)20(19-11)13(3)10-18-17(21)9-16-8-14-4-5-15(16)7-14/h6,13-16H,4-5,7-10H2,1-3H3,(H,18,21)/t13-,14-,15-,16+/m0/s1. The average molecular weight is 289 g/mol. The van der Waals surface area contributed by atoms with Crippen molar-refractivity contribution in [3.8, 4) is 0 Å². The van der Waals surface area contributed by atoms with Crippen molar-refractivity contribution < 1.29 is 4.79 Å². The summed E-state index contributed by atoms with van der Waals surface area (Å²) in [5, 5.41) is 7.59. The van der Waals surface area contributed by atoms with Crippen molar-refractivity contribution in [2.24, 2.45) is 17.8 Å².